The Morgan fingerprint density at radius 3 is 1.69 bits per heavy atom. The quantitative estimate of drug-likeness (QED) is 0.307. The Kier molecular flexibility index (Phi) is 7.77. The summed E-state index contributed by atoms with van der Waals surface area (Å²) in [6.07, 6.45) is -5.65. The lowest BCUT2D eigenvalue weighted by Crippen LogP contribution is -2.63. The molecule has 0 fully saturated rings. The van der Waals surface area contributed by atoms with Crippen molar-refractivity contribution in [2.75, 3.05) is 18.3 Å². The van der Waals surface area contributed by atoms with Crippen molar-refractivity contribution >= 4 is 26.2 Å². The van der Waals surface area contributed by atoms with Gasteiger partial charge in [0.05, 0.1) is 5.75 Å². The maximum Gasteiger partial charge on any atom is 0.460 e. The molecule has 0 amide bonds. The number of halogens is 9. The zero-order valence-electron chi connectivity index (χ0n) is 16.9. The molecule has 32 heavy (non-hydrogen) atoms. The lowest BCUT2D eigenvalue weighted by Gasteiger charge is -2.35. The third kappa shape index (κ3) is 5.35. The molecule has 0 aliphatic heterocycles. The number of hydrogen-bond donors (Lipinski definition) is 0. The zero-order chi connectivity index (χ0) is 25.6. The van der Waals surface area contributed by atoms with Crippen LogP contribution in [-0.4, -0.2) is 55.7 Å². The molecule has 0 spiro atoms. The van der Waals surface area contributed by atoms with Gasteiger partial charge in [0.25, 0.3) is 0 Å². The summed E-state index contributed by atoms with van der Waals surface area (Å²) in [5.74, 6) is -16.5. The van der Waals surface area contributed by atoms with Crippen molar-refractivity contribution in [3.8, 4) is 0 Å². The van der Waals surface area contributed by atoms with Crippen LogP contribution >= 0.6 is 10.3 Å². The SMILES string of the molecule is CC(C)c1ccc(C(=O)CS(C)(C)OS(=O)(=O)C(F)(F)C(F)(F)C(F)(F)C(F)(F)F)cc1. The first-order chi connectivity index (χ1) is 14.0. The Morgan fingerprint density at radius 1 is 0.875 bits per heavy atom. The van der Waals surface area contributed by atoms with E-state index in [9.17, 15) is 52.7 Å². The molecule has 0 aromatic heterocycles. The summed E-state index contributed by atoms with van der Waals surface area (Å²) in [7, 11) is -10.6. The fraction of sp³-hybridized carbons (Fsp3) is 0.588. The molecular formula is C17H19F9O4S2. The van der Waals surface area contributed by atoms with E-state index in [2.05, 4.69) is 3.63 Å². The van der Waals surface area contributed by atoms with Crippen molar-refractivity contribution in [3.05, 3.63) is 35.4 Å². The molecule has 186 valence electrons. The van der Waals surface area contributed by atoms with Crippen LogP contribution in [0, 0.1) is 0 Å². The van der Waals surface area contributed by atoms with Gasteiger partial charge in [-0.25, -0.2) is 3.63 Å². The average molecular weight is 522 g/mol. The molecule has 1 rings (SSSR count). The van der Waals surface area contributed by atoms with Crippen LogP contribution in [0.3, 0.4) is 0 Å². The van der Waals surface area contributed by atoms with Gasteiger partial charge in [-0.15, -0.1) is 10.3 Å². The molecule has 1 aromatic carbocycles. The van der Waals surface area contributed by atoms with E-state index >= 15 is 0 Å². The minimum Gasteiger partial charge on any atom is -0.293 e. The van der Waals surface area contributed by atoms with E-state index in [1.807, 2.05) is 13.8 Å². The van der Waals surface area contributed by atoms with Crippen LogP contribution in [0.4, 0.5) is 39.5 Å². The second kappa shape index (κ2) is 8.70. The highest BCUT2D eigenvalue weighted by Crippen LogP contribution is 2.57. The van der Waals surface area contributed by atoms with Gasteiger partial charge < -0.3 is 0 Å². The van der Waals surface area contributed by atoms with Gasteiger partial charge in [-0.05, 0) is 24.0 Å². The number of rotatable bonds is 9. The van der Waals surface area contributed by atoms with Crippen molar-refractivity contribution in [2.24, 2.45) is 0 Å². The van der Waals surface area contributed by atoms with Crippen LogP contribution in [-0.2, 0) is 13.7 Å². The van der Waals surface area contributed by atoms with Crippen LogP contribution in [0.15, 0.2) is 24.3 Å². The molecule has 0 saturated carbocycles. The highest BCUT2D eigenvalue weighted by molar-refractivity contribution is 8.32. The molecule has 0 radical (unpaired) electrons. The highest BCUT2D eigenvalue weighted by atomic mass is 32.3. The van der Waals surface area contributed by atoms with Crippen LogP contribution in [0.1, 0.15) is 35.7 Å². The number of carbonyl (C=O) groups excluding carboxylic acids is 1. The first-order valence-electron chi connectivity index (χ1n) is 8.50. The lowest BCUT2D eigenvalue weighted by atomic mass is 10.0. The summed E-state index contributed by atoms with van der Waals surface area (Å²) < 4.78 is 144. The summed E-state index contributed by atoms with van der Waals surface area (Å²) in [5, 5.41) is -6.97. The maximum atomic E-state index is 13.8. The number of alkyl halides is 9. The number of ketones is 1. The van der Waals surface area contributed by atoms with Crippen molar-refractivity contribution in [3.63, 3.8) is 0 Å². The van der Waals surface area contributed by atoms with Crippen molar-refractivity contribution in [1.29, 1.82) is 0 Å². The van der Waals surface area contributed by atoms with Gasteiger partial charge in [-0.1, -0.05) is 38.1 Å². The molecule has 0 bridgehead atoms. The van der Waals surface area contributed by atoms with Crippen molar-refractivity contribution in [2.45, 2.75) is 43.0 Å². The molecule has 0 aliphatic carbocycles. The van der Waals surface area contributed by atoms with Gasteiger partial charge in [0, 0.05) is 5.56 Å². The third-order valence-corrected chi connectivity index (χ3v) is 8.11. The molecular weight excluding hydrogens is 503 g/mol. The number of carbonyl (C=O) groups is 1. The summed E-state index contributed by atoms with van der Waals surface area (Å²) in [4.78, 5) is 12.3. The van der Waals surface area contributed by atoms with Gasteiger partial charge in [0.2, 0.25) is 0 Å². The van der Waals surface area contributed by atoms with Crippen LogP contribution in [0.25, 0.3) is 0 Å². The molecule has 0 saturated heterocycles. The van der Waals surface area contributed by atoms with Gasteiger partial charge in [-0.3, -0.25) is 4.79 Å². The minimum absolute atomic E-state index is 0.0170. The van der Waals surface area contributed by atoms with Crippen molar-refractivity contribution < 1.29 is 56.4 Å². The number of Topliss-reactive ketones (excluding diaryl/α,β-unsaturated/α-hetero) is 1. The second-order valence-corrected chi connectivity index (χ2v) is 12.6. The van der Waals surface area contributed by atoms with Gasteiger partial charge in [-0.2, -0.15) is 47.9 Å². The predicted molar refractivity (Wildman–Crippen MR) is 100 cm³/mol. The lowest BCUT2D eigenvalue weighted by molar-refractivity contribution is -0.382. The molecule has 0 heterocycles. The molecule has 0 unspecified atom stereocenters. The summed E-state index contributed by atoms with van der Waals surface area (Å²) in [5.41, 5.74) is 0.802. The maximum absolute atomic E-state index is 13.8. The monoisotopic (exact) mass is 522 g/mol. The first kappa shape index (κ1) is 28.6. The second-order valence-electron chi connectivity index (χ2n) is 7.47. The molecule has 0 atom stereocenters. The Bertz CT molecular complexity index is 938. The Balaban J connectivity index is 3.17. The molecule has 4 nitrogen and oxygen atoms in total. The van der Waals surface area contributed by atoms with E-state index in [-0.39, 0.29) is 11.5 Å². The standard InChI is InChI=1S/C17H19F9O4S2/c1-10(2)11-5-7-12(8-6-11)13(27)9-31(3,4)30-32(28,29)17(25,26)15(20,21)14(18,19)16(22,23)24/h5-8,10H,9H2,1-4H3. The van der Waals surface area contributed by atoms with E-state index < -0.39 is 55.2 Å². The van der Waals surface area contributed by atoms with Crippen LogP contribution < -0.4 is 0 Å². The van der Waals surface area contributed by atoms with Crippen LogP contribution in [0.5, 0.6) is 0 Å². The fourth-order valence-electron chi connectivity index (χ4n) is 2.28. The van der Waals surface area contributed by atoms with E-state index in [0.717, 1.165) is 18.1 Å². The highest BCUT2D eigenvalue weighted by Gasteiger charge is 2.86. The minimum atomic E-state index is -7.40. The van der Waals surface area contributed by atoms with Crippen LogP contribution in [0.2, 0.25) is 0 Å². The Hall–Kier alpha value is -1.48. The normalized spacial score (nSPS) is 15.2. The van der Waals surface area contributed by atoms with Gasteiger partial charge in [0.1, 0.15) is 0 Å². The average Bonchev–Trinajstić information content (AvgIpc) is 2.58. The van der Waals surface area contributed by atoms with E-state index in [1.54, 1.807) is 12.1 Å². The molecule has 0 aliphatic rings. The number of hydrogen-bond acceptors (Lipinski definition) is 4. The largest absolute Gasteiger partial charge is 0.460 e. The third-order valence-electron chi connectivity index (χ3n) is 4.08. The number of benzene rings is 1. The Labute approximate surface area is 179 Å². The summed E-state index contributed by atoms with van der Waals surface area (Å²) in [6.45, 7) is 3.70. The topological polar surface area (TPSA) is 60.4 Å². The van der Waals surface area contributed by atoms with Gasteiger partial charge in [0.15, 0.2) is 5.78 Å². The fourth-order valence-corrected chi connectivity index (χ4v) is 5.99. The smallest absolute Gasteiger partial charge is 0.293 e. The van der Waals surface area contributed by atoms with Crippen molar-refractivity contribution in [1.82, 2.24) is 0 Å². The Morgan fingerprint density at radius 2 is 1.31 bits per heavy atom. The van der Waals surface area contributed by atoms with Gasteiger partial charge >= 0.3 is 33.4 Å². The summed E-state index contributed by atoms with van der Waals surface area (Å²) >= 11 is 0. The summed E-state index contributed by atoms with van der Waals surface area (Å²) in [6, 6.07) is 5.75. The molecule has 0 N–H and O–H groups in total. The van der Waals surface area contributed by atoms with E-state index in [4.69, 9.17) is 0 Å². The zero-order valence-corrected chi connectivity index (χ0v) is 18.6. The molecule has 15 heteroatoms. The van der Waals surface area contributed by atoms with E-state index in [0.29, 0.717) is 0 Å². The predicted octanol–water partition coefficient (Wildman–Crippen LogP) is 5.74. The molecule has 1 aromatic rings. The first-order valence-corrected chi connectivity index (χ1v) is 12.5. The van der Waals surface area contributed by atoms with E-state index in [1.165, 1.54) is 12.1 Å².